The third-order valence-corrected chi connectivity index (χ3v) is 4.22. The van der Waals surface area contributed by atoms with E-state index in [-0.39, 0.29) is 5.78 Å². The molecule has 4 heteroatoms. The largest absolute Gasteiger partial charge is 0.289 e. The van der Waals surface area contributed by atoms with Crippen LogP contribution in [-0.2, 0) is 0 Å². The molecule has 0 aliphatic rings. The fourth-order valence-electron chi connectivity index (χ4n) is 2.12. The number of pyridine rings is 1. The Morgan fingerprint density at radius 2 is 1.80 bits per heavy atom. The van der Waals surface area contributed by atoms with Crippen LogP contribution in [-0.4, -0.2) is 10.8 Å². The minimum Gasteiger partial charge on any atom is -0.289 e. The molecule has 2 nitrogen and oxygen atoms in total. The highest BCUT2D eigenvalue weighted by Gasteiger charge is 2.15. The highest BCUT2D eigenvalue weighted by molar-refractivity contribution is 9.11. The molecule has 0 bridgehead atoms. The summed E-state index contributed by atoms with van der Waals surface area (Å²) in [6.45, 7) is 0. The van der Waals surface area contributed by atoms with Gasteiger partial charge in [0.15, 0.2) is 5.78 Å². The number of ketones is 1. The van der Waals surface area contributed by atoms with E-state index in [1.807, 2.05) is 48.5 Å². The van der Waals surface area contributed by atoms with Crippen molar-refractivity contribution in [3.05, 3.63) is 74.8 Å². The second-order valence-corrected chi connectivity index (χ2v) is 6.10. The summed E-state index contributed by atoms with van der Waals surface area (Å²) in [5, 5.41) is 0.870. The van der Waals surface area contributed by atoms with Crippen LogP contribution in [0.2, 0.25) is 0 Å². The first kappa shape index (κ1) is 13.5. The lowest BCUT2D eigenvalue weighted by molar-refractivity contribution is 0.103. The number of carbonyl (C=O) groups is 1. The Labute approximate surface area is 133 Å². The van der Waals surface area contributed by atoms with E-state index in [4.69, 9.17) is 0 Å². The van der Waals surface area contributed by atoms with E-state index >= 15 is 0 Å². The van der Waals surface area contributed by atoms with Crippen LogP contribution in [0.1, 0.15) is 15.9 Å². The fourth-order valence-corrected chi connectivity index (χ4v) is 3.35. The molecule has 0 unspecified atom stereocenters. The van der Waals surface area contributed by atoms with Gasteiger partial charge in [-0.1, -0.05) is 34.1 Å². The van der Waals surface area contributed by atoms with Gasteiger partial charge in [-0.25, -0.2) is 0 Å². The number of halogens is 2. The summed E-state index contributed by atoms with van der Waals surface area (Å²) in [4.78, 5) is 17.0. The van der Waals surface area contributed by atoms with Gasteiger partial charge in [0.25, 0.3) is 0 Å². The number of fused-ring (bicyclic) bond motifs is 1. The van der Waals surface area contributed by atoms with Crippen LogP contribution in [0.5, 0.6) is 0 Å². The molecule has 3 aromatic rings. The molecule has 0 N–H and O–H groups in total. The minimum atomic E-state index is -0.0111. The van der Waals surface area contributed by atoms with Crippen molar-refractivity contribution in [3.63, 3.8) is 0 Å². The van der Waals surface area contributed by atoms with Crippen LogP contribution in [0.4, 0.5) is 0 Å². The van der Waals surface area contributed by atoms with E-state index in [0.29, 0.717) is 11.1 Å². The lowest BCUT2D eigenvalue weighted by atomic mass is 9.99. The Morgan fingerprint density at radius 3 is 2.60 bits per heavy atom. The molecule has 3 rings (SSSR count). The number of hydrogen-bond donors (Lipinski definition) is 0. The lowest BCUT2D eigenvalue weighted by Crippen LogP contribution is -2.03. The molecule has 0 aliphatic carbocycles. The van der Waals surface area contributed by atoms with Gasteiger partial charge in [0.1, 0.15) is 0 Å². The lowest BCUT2D eigenvalue weighted by Gasteiger charge is -2.07. The highest BCUT2D eigenvalue weighted by atomic mass is 79.9. The van der Waals surface area contributed by atoms with Gasteiger partial charge in [-0.05, 0) is 46.3 Å². The standard InChI is InChI=1S/C16H9Br2NO/c17-10-6-7-13(14(18)9-10)16(20)12-3-1-5-15-11(12)4-2-8-19-15/h1-9H. The van der Waals surface area contributed by atoms with Gasteiger partial charge in [-0.2, -0.15) is 0 Å². The van der Waals surface area contributed by atoms with Crippen LogP contribution in [0, 0.1) is 0 Å². The molecule has 0 spiro atoms. The number of benzene rings is 2. The highest BCUT2D eigenvalue weighted by Crippen LogP contribution is 2.26. The van der Waals surface area contributed by atoms with E-state index in [1.54, 1.807) is 6.20 Å². The maximum Gasteiger partial charge on any atom is 0.194 e. The smallest absolute Gasteiger partial charge is 0.194 e. The molecule has 1 aromatic heterocycles. The predicted octanol–water partition coefficient (Wildman–Crippen LogP) is 4.99. The van der Waals surface area contributed by atoms with E-state index in [1.165, 1.54) is 0 Å². The van der Waals surface area contributed by atoms with Crippen molar-refractivity contribution < 1.29 is 4.79 Å². The molecule has 0 radical (unpaired) electrons. The van der Waals surface area contributed by atoms with Gasteiger partial charge >= 0.3 is 0 Å². The second-order valence-electron chi connectivity index (χ2n) is 4.33. The van der Waals surface area contributed by atoms with Crippen LogP contribution in [0.3, 0.4) is 0 Å². The Hall–Kier alpha value is -1.52. The zero-order valence-corrected chi connectivity index (χ0v) is 13.5. The number of rotatable bonds is 2. The summed E-state index contributed by atoms with van der Waals surface area (Å²) in [5.41, 5.74) is 2.13. The molecule has 0 fully saturated rings. The van der Waals surface area contributed by atoms with Crippen molar-refractivity contribution in [3.8, 4) is 0 Å². The van der Waals surface area contributed by atoms with E-state index < -0.39 is 0 Å². The van der Waals surface area contributed by atoms with E-state index in [0.717, 1.165) is 19.8 Å². The van der Waals surface area contributed by atoms with Gasteiger partial charge in [0, 0.05) is 31.7 Å². The van der Waals surface area contributed by atoms with Gasteiger partial charge in [-0.3, -0.25) is 9.78 Å². The first-order valence-electron chi connectivity index (χ1n) is 6.00. The molecule has 1 heterocycles. The van der Waals surface area contributed by atoms with E-state index in [2.05, 4.69) is 36.8 Å². The van der Waals surface area contributed by atoms with Gasteiger partial charge in [0.05, 0.1) is 5.52 Å². The first-order chi connectivity index (χ1) is 9.66. The molecule has 0 atom stereocenters. The monoisotopic (exact) mass is 389 g/mol. The van der Waals surface area contributed by atoms with Crippen LogP contribution >= 0.6 is 31.9 Å². The van der Waals surface area contributed by atoms with Gasteiger partial charge in [-0.15, -0.1) is 0 Å². The quantitative estimate of drug-likeness (QED) is 0.577. The molecule has 0 amide bonds. The van der Waals surface area contributed by atoms with Crippen molar-refractivity contribution >= 4 is 48.5 Å². The molecular weight excluding hydrogens is 382 g/mol. The molecule has 98 valence electrons. The van der Waals surface area contributed by atoms with Crippen molar-refractivity contribution in [2.24, 2.45) is 0 Å². The second kappa shape index (κ2) is 5.46. The number of nitrogens with zero attached hydrogens (tertiary/aromatic N) is 1. The Morgan fingerprint density at radius 1 is 0.950 bits per heavy atom. The molecular formula is C16H9Br2NO. The van der Waals surface area contributed by atoms with Gasteiger partial charge in [0.2, 0.25) is 0 Å². The Balaban J connectivity index is 2.18. The summed E-state index contributed by atoms with van der Waals surface area (Å²) in [5.74, 6) is -0.0111. The first-order valence-corrected chi connectivity index (χ1v) is 7.59. The van der Waals surface area contributed by atoms with Crippen LogP contribution in [0.15, 0.2) is 63.7 Å². The Kier molecular flexibility index (Phi) is 3.68. The third-order valence-electron chi connectivity index (χ3n) is 3.07. The number of aromatic nitrogens is 1. The SMILES string of the molecule is O=C(c1ccc(Br)cc1Br)c1cccc2ncccc12. The third kappa shape index (κ3) is 2.41. The normalized spacial score (nSPS) is 10.7. The minimum absolute atomic E-state index is 0.0111. The average molecular weight is 391 g/mol. The molecule has 2 aromatic carbocycles. The molecule has 0 aliphatic heterocycles. The summed E-state index contributed by atoms with van der Waals surface area (Å²) >= 11 is 6.83. The number of hydrogen-bond acceptors (Lipinski definition) is 2. The summed E-state index contributed by atoms with van der Waals surface area (Å²) < 4.78 is 1.71. The maximum absolute atomic E-state index is 12.7. The van der Waals surface area contributed by atoms with Crippen LogP contribution < -0.4 is 0 Å². The molecule has 20 heavy (non-hydrogen) atoms. The van der Waals surface area contributed by atoms with Crippen molar-refractivity contribution in [2.45, 2.75) is 0 Å². The van der Waals surface area contributed by atoms with Crippen molar-refractivity contribution in [1.29, 1.82) is 0 Å². The Bertz CT molecular complexity index is 809. The van der Waals surface area contributed by atoms with Crippen molar-refractivity contribution in [2.75, 3.05) is 0 Å². The van der Waals surface area contributed by atoms with Crippen LogP contribution in [0.25, 0.3) is 10.9 Å². The maximum atomic E-state index is 12.7. The topological polar surface area (TPSA) is 30.0 Å². The zero-order valence-electron chi connectivity index (χ0n) is 10.3. The summed E-state index contributed by atoms with van der Waals surface area (Å²) in [7, 11) is 0. The predicted molar refractivity (Wildman–Crippen MR) is 87.0 cm³/mol. The molecule has 0 saturated heterocycles. The van der Waals surface area contributed by atoms with Crippen molar-refractivity contribution in [1.82, 2.24) is 4.98 Å². The van der Waals surface area contributed by atoms with Gasteiger partial charge < -0.3 is 0 Å². The summed E-state index contributed by atoms with van der Waals surface area (Å²) in [6.07, 6.45) is 1.73. The summed E-state index contributed by atoms with van der Waals surface area (Å²) in [6, 6.07) is 14.9. The average Bonchev–Trinajstić information content (AvgIpc) is 2.46. The fraction of sp³-hybridized carbons (Fsp3) is 0. The number of carbonyl (C=O) groups excluding carboxylic acids is 1. The zero-order chi connectivity index (χ0) is 14.1. The molecule has 0 saturated carbocycles. The van der Waals surface area contributed by atoms with E-state index in [9.17, 15) is 4.79 Å².